The Morgan fingerprint density at radius 1 is 1.21 bits per heavy atom. The molecule has 3 nitrogen and oxygen atoms in total. The van der Waals surface area contributed by atoms with Crippen molar-refractivity contribution in [2.75, 3.05) is 39.9 Å². The van der Waals surface area contributed by atoms with Crippen LogP contribution in [0.15, 0.2) is 24.3 Å². The molecule has 3 heteroatoms. The summed E-state index contributed by atoms with van der Waals surface area (Å²) in [6.45, 7) is 7.68. The van der Waals surface area contributed by atoms with Crippen LogP contribution in [0.2, 0.25) is 0 Å². The van der Waals surface area contributed by atoms with Crippen LogP contribution in [0.3, 0.4) is 0 Å². The molecule has 1 fully saturated rings. The van der Waals surface area contributed by atoms with Gasteiger partial charge in [-0.25, -0.2) is 0 Å². The van der Waals surface area contributed by atoms with Gasteiger partial charge in [-0.05, 0) is 30.9 Å². The summed E-state index contributed by atoms with van der Waals surface area (Å²) in [7, 11) is 1.76. The molecule has 0 spiro atoms. The first-order valence-electron chi connectivity index (χ1n) is 7.34. The van der Waals surface area contributed by atoms with Gasteiger partial charge in [-0.15, -0.1) is 0 Å². The third-order valence-corrected chi connectivity index (χ3v) is 3.98. The second-order valence-corrected chi connectivity index (χ2v) is 5.30. The molecule has 0 bridgehead atoms. The van der Waals surface area contributed by atoms with Crippen molar-refractivity contribution >= 4 is 0 Å². The maximum Gasteiger partial charge on any atom is 0.0465 e. The van der Waals surface area contributed by atoms with Gasteiger partial charge < -0.3 is 10.1 Å². The van der Waals surface area contributed by atoms with E-state index in [9.17, 15) is 0 Å². The van der Waals surface area contributed by atoms with Crippen molar-refractivity contribution < 1.29 is 4.74 Å². The maximum absolute atomic E-state index is 5.09. The molecule has 2 rings (SSSR count). The summed E-state index contributed by atoms with van der Waals surface area (Å²) in [6, 6.07) is 9.63. The fourth-order valence-electron chi connectivity index (χ4n) is 2.66. The molecule has 1 unspecified atom stereocenters. The van der Waals surface area contributed by atoms with Gasteiger partial charge in [0.05, 0.1) is 0 Å². The molecule has 106 valence electrons. The first-order valence-corrected chi connectivity index (χ1v) is 7.34. The van der Waals surface area contributed by atoms with Crippen LogP contribution in [-0.2, 0) is 11.2 Å². The molecule has 0 aromatic heterocycles. The average molecular weight is 262 g/mol. The number of ether oxygens (including phenoxy) is 1. The standard InChI is InChI=1S/C16H26N2O/c1-14(18-11-9-17-10-12-18)16-7-5-15(6-8-16)4-3-13-19-2/h5-8,14,17H,3-4,9-13H2,1-2H3. The molecule has 0 aliphatic carbocycles. The molecule has 19 heavy (non-hydrogen) atoms. The Bertz CT molecular complexity index is 358. The lowest BCUT2D eigenvalue weighted by Crippen LogP contribution is -2.44. The zero-order valence-corrected chi connectivity index (χ0v) is 12.2. The molecular formula is C16H26N2O. The quantitative estimate of drug-likeness (QED) is 0.796. The van der Waals surface area contributed by atoms with Gasteiger partial charge in [0.2, 0.25) is 0 Å². The Morgan fingerprint density at radius 2 is 1.89 bits per heavy atom. The number of hydrogen-bond acceptors (Lipinski definition) is 3. The second kappa shape index (κ2) is 7.63. The second-order valence-electron chi connectivity index (χ2n) is 5.30. The van der Waals surface area contributed by atoms with E-state index >= 15 is 0 Å². The number of methoxy groups -OCH3 is 1. The smallest absolute Gasteiger partial charge is 0.0465 e. The number of nitrogens with zero attached hydrogens (tertiary/aromatic N) is 1. The van der Waals surface area contributed by atoms with Gasteiger partial charge in [0.25, 0.3) is 0 Å². The third-order valence-electron chi connectivity index (χ3n) is 3.98. The van der Waals surface area contributed by atoms with Crippen molar-refractivity contribution in [3.8, 4) is 0 Å². The van der Waals surface area contributed by atoms with E-state index < -0.39 is 0 Å². The Hall–Kier alpha value is -0.900. The van der Waals surface area contributed by atoms with E-state index in [-0.39, 0.29) is 0 Å². The van der Waals surface area contributed by atoms with Crippen molar-refractivity contribution in [3.05, 3.63) is 35.4 Å². The average Bonchev–Trinajstić information content (AvgIpc) is 2.48. The largest absolute Gasteiger partial charge is 0.385 e. The molecule has 1 aliphatic rings. The minimum absolute atomic E-state index is 0.523. The molecule has 1 saturated heterocycles. The van der Waals surface area contributed by atoms with E-state index in [4.69, 9.17) is 4.74 Å². The number of aryl methyl sites for hydroxylation is 1. The predicted octanol–water partition coefficient (Wildman–Crippen LogP) is 2.23. The number of piperazine rings is 1. The van der Waals surface area contributed by atoms with Crippen molar-refractivity contribution in [1.82, 2.24) is 10.2 Å². The maximum atomic E-state index is 5.09. The molecular weight excluding hydrogens is 236 g/mol. The minimum atomic E-state index is 0.523. The summed E-state index contributed by atoms with van der Waals surface area (Å²) in [5, 5.41) is 3.41. The van der Waals surface area contributed by atoms with Crippen LogP contribution in [0, 0.1) is 0 Å². The van der Waals surface area contributed by atoms with Crippen molar-refractivity contribution in [1.29, 1.82) is 0 Å². The molecule has 0 radical (unpaired) electrons. The van der Waals surface area contributed by atoms with E-state index in [1.54, 1.807) is 7.11 Å². The van der Waals surface area contributed by atoms with Crippen LogP contribution in [0.4, 0.5) is 0 Å². The highest BCUT2D eigenvalue weighted by Gasteiger charge is 2.17. The molecule has 1 heterocycles. The molecule has 1 atom stereocenters. The van der Waals surface area contributed by atoms with Crippen LogP contribution in [0.5, 0.6) is 0 Å². The highest BCUT2D eigenvalue weighted by atomic mass is 16.5. The minimum Gasteiger partial charge on any atom is -0.385 e. The van der Waals surface area contributed by atoms with E-state index in [0.29, 0.717) is 6.04 Å². The normalized spacial score (nSPS) is 18.4. The molecule has 0 saturated carbocycles. The van der Waals surface area contributed by atoms with Crippen LogP contribution >= 0.6 is 0 Å². The van der Waals surface area contributed by atoms with E-state index in [2.05, 4.69) is 41.4 Å². The fraction of sp³-hybridized carbons (Fsp3) is 0.625. The highest BCUT2D eigenvalue weighted by molar-refractivity contribution is 5.25. The van der Waals surface area contributed by atoms with Crippen LogP contribution < -0.4 is 5.32 Å². The van der Waals surface area contributed by atoms with Crippen LogP contribution in [-0.4, -0.2) is 44.8 Å². The Kier molecular flexibility index (Phi) is 5.83. The number of hydrogen-bond donors (Lipinski definition) is 1. The van der Waals surface area contributed by atoms with Crippen molar-refractivity contribution in [2.45, 2.75) is 25.8 Å². The van der Waals surface area contributed by atoms with Gasteiger partial charge in [0, 0.05) is 45.9 Å². The Morgan fingerprint density at radius 3 is 2.53 bits per heavy atom. The highest BCUT2D eigenvalue weighted by Crippen LogP contribution is 2.21. The lowest BCUT2D eigenvalue weighted by atomic mass is 10.0. The monoisotopic (exact) mass is 262 g/mol. The summed E-state index contributed by atoms with van der Waals surface area (Å²) in [5.41, 5.74) is 2.84. The lowest BCUT2D eigenvalue weighted by Gasteiger charge is -2.33. The van der Waals surface area contributed by atoms with E-state index in [1.165, 1.54) is 11.1 Å². The van der Waals surface area contributed by atoms with Gasteiger partial charge in [0.1, 0.15) is 0 Å². The molecule has 1 N–H and O–H groups in total. The summed E-state index contributed by atoms with van der Waals surface area (Å²) in [5.74, 6) is 0. The zero-order valence-electron chi connectivity index (χ0n) is 12.2. The molecule has 1 aliphatic heterocycles. The number of nitrogens with one attached hydrogen (secondary N) is 1. The number of rotatable bonds is 6. The van der Waals surface area contributed by atoms with Crippen molar-refractivity contribution in [2.24, 2.45) is 0 Å². The summed E-state index contributed by atoms with van der Waals surface area (Å²) >= 11 is 0. The fourth-order valence-corrected chi connectivity index (χ4v) is 2.66. The van der Waals surface area contributed by atoms with Crippen molar-refractivity contribution in [3.63, 3.8) is 0 Å². The SMILES string of the molecule is COCCCc1ccc(C(C)N2CCNCC2)cc1. The Balaban J connectivity index is 1.89. The number of benzene rings is 1. The summed E-state index contributed by atoms with van der Waals surface area (Å²) < 4.78 is 5.09. The molecule has 1 aromatic rings. The van der Waals surface area contributed by atoms with Gasteiger partial charge in [-0.1, -0.05) is 24.3 Å². The Labute approximate surface area is 116 Å². The molecule has 0 amide bonds. The van der Waals surface area contributed by atoms with Crippen LogP contribution in [0.1, 0.15) is 30.5 Å². The zero-order chi connectivity index (χ0) is 13.5. The lowest BCUT2D eigenvalue weighted by molar-refractivity contribution is 0.185. The first-order chi connectivity index (χ1) is 9.31. The van der Waals surface area contributed by atoms with E-state index in [0.717, 1.165) is 45.6 Å². The van der Waals surface area contributed by atoms with E-state index in [1.807, 2.05) is 0 Å². The third kappa shape index (κ3) is 4.30. The predicted molar refractivity (Wildman–Crippen MR) is 79.5 cm³/mol. The topological polar surface area (TPSA) is 24.5 Å². The van der Waals surface area contributed by atoms with Crippen LogP contribution in [0.25, 0.3) is 0 Å². The van der Waals surface area contributed by atoms with Gasteiger partial charge in [-0.3, -0.25) is 4.90 Å². The van der Waals surface area contributed by atoms with Gasteiger partial charge in [0.15, 0.2) is 0 Å². The summed E-state index contributed by atoms with van der Waals surface area (Å²) in [6.07, 6.45) is 2.21. The van der Waals surface area contributed by atoms with Gasteiger partial charge >= 0.3 is 0 Å². The molecule has 1 aromatic carbocycles. The van der Waals surface area contributed by atoms with Gasteiger partial charge in [-0.2, -0.15) is 0 Å². The summed E-state index contributed by atoms with van der Waals surface area (Å²) in [4.78, 5) is 2.55. The first kappa shape index (κ1) is 14.5.